The van der Waals surface area contributed by atoms with Crippen LogP contribution in [0.4, 0.5) is 0 Å². The van der Waals surface area contributed by atoms with Crippen LogP contribution in [0.15, 0.2) is 47.3 Å². The third kappa shape index (κ3) is 2.41. The van der Waals surface area contributed by atoms with Crippen LogP contribution in [0, 0.1) is 0 Å². The smallest absolute Gasteiger partial charge is 0.263 e. The molecule has 1 aliphatic rings. The first-order valence-corrected chi connectivity index (χ1v) is 9.18. The van der Waals surface area contributed by atoms with Crippen LogP contribution in [0.25, 0.3) is 22.2 Å². The molecule has 2 heterocycles. The molecule has 26 heavy (non-hydrogen) atoms. The second-order valence-electron chi connectivity index (χ2n) is 6.47. The Morgan fingerprint density at radius 3 is 2.38 bits per heavy atom. The van der Waals surface area contributed by atoms with Gasteiger partial charge in [0, 0.05) is 33.6 Å². The lowest BCUT2D eigenvalue weighted by Gasteiger charge is -2.21. The number of halogens is 1. The summed E-state index contributed by atoms with van der Waals surface area (Å²) in [6, 6.07) is 12.6. The Bertz CT molecular complexity index is 1100. The molecule has 0 saturated carbocycles. The first kappa shape index (κ1) is 17.0. The second-order valence-corrected chi connectivity index (χ2v) is 6.90. The Labute approximate surface area is 156 Å². The normalized spacial score (nSPS) is 12.7. The molecule has 0 spiro atoms. The molecular weight excluding hydrogens is 348 g/mol. The summed E-state index contributed by atoms with van der Waals surface area (Å²) in [7, 11) is 0. The van der Waals surface area contributed by atoms with Crippen molar-refractivity contribution in [2.75, 3.05) is 13.1 Å². The van der Waals surface area contributed by atoms with E-state index in [1.807, 2.05) is 24.3 Å². The van der Waals surface area contributed by atoms with Crippen molar-refractivity contribution in [2.24, 2.45) is 0 Å². The highest BCUT2D eigenvalue weighted by Crippen LogP contribution is 2.36. The molecule has 2 aromatic carbocycles. The van der Waals surface area contributed by atoms with Crippen LogP contribution in [-0.4, -0.2) is 28.5 Å². The SMILES string of the molecule is CCN(CC)Cc1c2n(c3ccc(Cl)cc3c1=O)C(=O)c1ccccc1-2. The molecule has 0 radical (unpaired) electrons. The highest BCUT2D eigenvalue weighted by molar-refractivity contribution is 6.31. The number of hydrogen-bond acceptors (Lipinski definition) is 3. The summed E-state index contributed by atoms with van der Waals surface area (Å²) in [5.41, 5.74) is 3.40. The molecule has 0 aliphatic carbocycles. The zero-order chi connectivity index (χ0) is 18.4. The molecule has 132 valence electrons. The van der Waals surface area contributed by atoms with E-state index < -0.39 is 0 Å². The summed E-state index contributed by atoms with van der Waals surface area (Å²) in [6.07, 6.45) is 0. The Kier molecular flexibility index (Phi) is 4.17. The quantitative estimate of drug-likeness (QED) is 0.544. The molecule has 0 amide bonds. The third-order valence-corrected chi connectivity index (χ3v) is 5.35. The van der Waals surface area contributed by atoms with Crippen molar-refractivity contribution in [3.63, 3.8) is 0 Å². The Morgan fingerprint density at radius 1 is 1.00 bits per heavy atom. The topological polar surface area (TPSA) is 42.3 Å². The van der Waals surface area contributed by atoms with Gasteiger partial charge in [-0.2, -0.15) is 0 Å². The van der Waals surface area contributed by atoms with Crippen molar-refractivity contribution in [1.29, 1.82) is 0 Å². The Balaban J connectivity index is 2.13. The fraction of sp³-hybridized carbons (Fsp3) is 0.238. The molecule has 4 nitrogen and oxygen atoms in total. The van der Waals surface area contributed by atoms with Gasteiger partial charge in [0.15, 0.2) is 5.43 Å². The lowest BCUT2D eigenvalue weighted by Crippen LogP contribution is -2.28. The highest BCUT2D eigenvalue weighted by atomic mass is 35.5. The number of nitrogens with zero attached hydrogens (tertiary/aromatic N) is 2. The first-order chi connectivity index (χ1) is 12.6. The monoisotopic (exact) mass is 366 g/mol. The summed E-state index contributed by atoms with van der Waals surface area (Å²) in [5.74, 6) is -0.0938. The molecule has 0 atom stereocenters. The van der Waals surface area contributed by atoms with Crippen LogP contribution < -0.4 is 5.43 Å². The van der Waals surface area contributed by atoms with E-state index in [1.165, 1.54) is 0 Å². The van der Waals surface area contributed by atoms with Crippen LogP contribution in [0.1, 0.15) is 29.8 Å². The molecule has 5 heteroatoms. The first-order valence-electron chi connectivity index (χ1n) is 8.80. The Morgan fingerprint density at radius 2 is 1.69 bits per heavy atom. The number of hydrogen-bond donors (Lipinski definition) is 0. The molecule has 0 fully saturated rings. The van der Waals surface area contributed by atoms with E-state index in [2.05, 4.69) is 18.7 Å². The van der Waals surface area contributed by atoms with Gasteiger partial charge in [0.25, 0.3) is 5.91 Å². The van der Waals surface area contributed by atoms with E-state index in [0.29, 0.717) is 33.6 Å². The molecule has 1 aliphatic heterocycles. The molecule has 3 aromatic rings. The number of benzene rings is 2. The largest absolute Gasteiger partial charge is 0.299 e. The average Bonchev–Trinajstić information content (AvgIpc) is 2.95. The van der Waals surface area contributed by atoms with Gasteiger partial charge in [-0.25, -0.2) is 0 Å². The number of carbonyl (C=O) groups excluding carboxylic acids is 1. The molecule has 0 saturated heterocycles. The second kappa shape index (κ2) is 6.38. The van der Waals surface area contributed by atoms with Crippen molar-refractivity contribution in [3.8, 4) is 11.3 Å². The predicted octanol–water partition coefficient (Wildman–Crippen LogP) is 4.17. The van der Waals surface area contributed by atoms with Crippen molar-refractivity contribution >= 4 is 28.4 Å². The van der Waals surface area contributed by atoms with Gasteiger partial charge in [0.05, 0.1) is 11.2 Å². The van der Waals surface area contributed by atoms with E-state index in [0.717, 1.165) is 24.3 Å². The molecule has 1 aromatic heterocycles. The van der Waals surface area contributed by atoms with Crippen LogP contribution in [0.3, 0.4) is 0 Å². The number of rotatable bonds is 4. The number of fused-ring (bicyclic) bond motifs is 5. The van der Waals surface area contributed by atoms with E-state index in [1.54, 1.807) is 22.8 Å². The maximum Gasteiger partial charge on any atom is 0.263 e. The summed E-state index contributed by atoms with van der Waals surface area (Å²) in [5, 5.41) is 0.983. The van der Waals surface area contributed by atoms with Crippen molar-refractivity contribution in [2.45, 2.75) is 20.4 Å². The van der Waals surface area contributed by atoms with Crippen LogP contribution >= 0.6 is 11.6 Å². The maximum absolute atomic E-state index is 13.3. The zero-order valence-corrected chi connectivity index (χ0v) is 15.5. The van der Waals surface area contributed by atoms with Crippen LogP contribution in [0.5, 0.6) is 0 Å². The van der Waals surface area contributed by atoms with Gasteiger partial charge in [-0.15, -0.1) is 0 Å². The standard InChI is InChI=1S/C21H19ClN2O2/c1-3-23(4-2)12-17-19-14-7-5-6-8-15(14)21(26)24(19)18-10-9-13(22)11-16(18)20(17)25/h5-11H,3-4,12H2,1-2H3. The van der Waals surface area contributed by atoms with Gasteiger partial charge in [0.2, 0.25) is 0 Å². The van der Waals surface area contributed by atoms with Gasteiger partial charge < -0.3 is 0 Å². The van der Waals surface area contributed by atoms with Gasteiger partial charge in [-0.3, -0.25) is 19.1 Å². The van der Waals surface area contributed by atoms with E-state index in [4.69, 9.17) is 11.6 Å². The van der Waals surface area contributed by atoms with E-state index in [9.17, 15) is 9.59 Å². The lowest BCUT2D eigenvalue weighted by molar-refractivity contribution is 0.0973. The van der Waals surface area contributed by atoms with Gasteiger partial charge in [0.1, 0.15) is 0 Å². The van der Waals surface area contributed by atoms with Gasteiger partial charge in [-0.1, -0.05) is 43.6 Å². The third-order valence-electron chi connectivity index (χ3n) is 5.12. The molecule has 0 unspecified atom stereocenters. The average molecular weight is 367 g/mol. The number of carbonyl (C=O) groups is 1. The van der Waals surface area contributed by atoms with Crippen molar-refractivity contribution < 1.29 is 4.79 Å². The van der Waals surface area contributed by atoms with Crippen molar-refractivity contribution in [1.82, 2.24) is 9.47 Å². The molecule has 0 bridgehead atoms. The summed E-state index contributed by atoms with van der Waals surface area (Å²) >= 11 is 6.14. The highest BCUT2D eigenvalue weighted by Gasteiger charge is 2.31. The minimum absolute atomic E-state index is 0.0508. The molecule has 4 rings (SSSR count). The predicted molar refractivity (Wildman–Crippen MR) is 105 cm³/mol. The summed E-state index contributed by atoms with van der Waals surface area (Å²) < 4.78 is 1.68. The van der Waals surface area contributed by atoms with Gasteiger partial charge in [-0.05, 0) is 37.4 Å². The van der Waals surface area contributed by atoms with E-state index in [-0.39, 0.29) is 11.3 Å². The fourth-order valence-corrected chi connectivity index (χ4v) is 3.89. The summed E-state index contributed by atoms with van der Waals surface area (Å²) in [4.78, 5) is 28.6. The minimum atomic E-state index is -0.0938. The molecular formula is C21H19ClN2O2. The van der Waals surface area contributed by atoms with Crippen LogP contribution in [0.2, 0.25) is 5.02 Å². The molecule has 0 N–H and O–H groups in total. The Hall–Kier alpha value is -2.43. The maximum atomic E-state index is 13.3. The zero-order valence-electron chi connectivity index (χ0n) is 14.8. The number of pyridine rings is 1. The summed E-state index contributed by atoms with van der Waals surface area (Å²) in [6.45, 7) is 6.30. The van der Waals surface area contributed by atoms with Crippen molar-refractivity contribution in [3.05, 3.63) is 68.8 Å². The van der Waals surface area contributed by atoms with Gasteiger partial charge >= 0.3 is 0 Å². The van der Waals surface area contributed by atoms with Crippen LogP contribution in [-0.2, 0) is 6.54 Å². The fourth-order valence-electron chi connectivity index (χ4n) is 3.72. The lowest BCUT2D eigenvalue weighted by atomic mass is 10.0. The van der Waals surface area contributed by atoms with E-state index >= 15 is 0 Å². The number of aromatic nitrogens is 1. The minimum Gasteiger partial charge on any atom is -0.299 e.